The number of amides is 2. The van der Waals surface area contributed by atoms with Gasteiger partial charge in [0.05, 0.1) is 5.41 Å². The van der Waals surface area contributed by atoms with E-state index in [0.717, 1.165) is 22.3 Å². The number of aromatic carboxylic acids is 1. The first-order valence-corrected chi connectivity index (χ1v) is 10.8. The molecule has 2 aromatic carbocycles. The molecular formula is C25H26N4O5. The van der Waals surface area contributed by atoms with Crippen LogP contribution in [0.2, 0.25) is 0 Å². The molecule has 34 heavy (non-hydrogen) atoms. The van der Waals surface area contributed by atoms with Gasteiger partial charge in [-0.3, -0.25) is 9.48 Å². The van der Waals surface area contributed by atoms with Crippen LogP contribution >= 0.6 is 0 Å². The number of benzene rings is 2. The number of nitrogens with one attached hydrogen (secondary N) is 2. The van der Waals surface area contributed by atoms with Gasteiger partial charge in [-0.25, -0.2) is 9.59 Å². The second kappa shape index (κ2) is 9.01. The zero-order valence-electron chi connectivity index (χ0n) is 19.2. The average Bonchev–Trinajstić information content (AvgIpc) is 3.34. The van der Waals surface area contributed by atoms with Crippen molar-refractivity contribution < 1.29 is 24.2 Å². The van der Waals surface area contributed by atoms with E-state index in [1.54, 1.807) is 13.8 Å². The number of anilines is 1. The maximum Gasteiger partial charge on any atom is 0.407 e. The van der Waals surface area contributed by atoms with E-state index in [9.17, 15) is 14.4 Å². The molecule has 0 aliphatic heterocycles. The number of carbonyl (C=O) groups is 3. The van der Waals surface area contributed by atoms with Crippen molar-refractivity contribution in [1.82, 2.24) is 15.1 Å². The molecule has 2 amide bonds. The number of nitrogens with zero attached hydrogens (tertiary/aromatic N) is 2. The molecule has 0 unspecified atom stereocenters. The van der Waals surface area contributed by atoms with Crippen LogP contribution in [0.1, 0.15) is 41.4 Å². The van der Waals surface area contributed by atoms with Crippen LogP contribution in [-0.2, 0) is 16.6 Å². The van der Waals surface area contributed by atoms with Gasteiger partial charge >= 0.3 is 12.1 Å². The number of carboxylic acids is 1. The molecule has 0 spiro atoms. The Morgan fingerprint density at radius 3 is 2.21 bits per heavy atom. The molecule has 0 saturated heterocycles. The van der Waals surface area contributed by atoms with E-state index in [-0.39, 0.29) is 30.6 Å². The number of rotatable bonds is 7. The monoisotopic (exact) mass is 462 g/mol. The number of hydrogen-bond acceptors (Lipinski definition) is 5. The van der Waals surface area contributed by atoms with Crippen molar-refractivity contribution in [3.8, 4) is 11.1 Å². The minimum atomic E-state index is -1.19. The molecule has 0 radical (unpaired) electrons. The summed E-state index contributed by atoms with van der Waals surface area (Å²) in [6.07, 6.45) is -0.614. The van der Waals surface area contributed by atoms with Gasteiger partial charge in [-0.2, -0.15) is 5.10 Å². The minimum Gasteiger partial charge on any atom is -0.476 e. The quantitative estimate of drug-likeness (QED) is 0.493. The van der Waals surface area contributed by atoms with Gasteiger partial charge in [0, 0.05) is 25.6 Å². The van der Waals surface area contributed by atoms with Crippen LogP contribution in [0.4, 0.5) is 10.6 Å². The van der Waals surface area contributed by atoms with Crippen molar-refractivity contribution in [2.75, 3.05) is 18.5 Å². The van der Waals surface area contributed by atoms with Gasteiger partial charge < -0.3 is 20.5 Å². The van der Waals surface area contributed by atoms with Crippen LogP contribution in [0.3, 0.4) is 0 Å². The maximum atomic E-state index is 12.7. The van der Waals surface area contributed by atoms with Crippen molar-refractivity contribution in [1.29, 1.82) is 0 Å². The van der Waals surface area contributed by atoms with E-state index in [2.05, 4.69) is 27.9 Å². The second-order valence-corrected chi connectivity index (χ2v) is 8.86. The molecule has 1 aromatic heterocycles. The van der Waals surface area contributed by atoms with Gasteiger partial charge in [-0.15, -0.1) is 0 Å². The Kier molecular flexibility index (Phi) is 6.10. The van der Waals surface area contributed by atoms with Gasteiger partial charge in [0.1, 0.15) is 12.4 Å². The summed E-state index contributed by atoms with van der Waals surface area (Å²) in [5.41, 5.74) is 3.37. The topological polar surface area (TPSA) is 123 Å². The zero-order valence-corrected chi connectivity index (χ0v) is 19.2. The number of carbonyl (C=O) groups excluding carboxylic acids is 2. The number of hydrogen-bond donors (Lipinski definition) is 3. The number of aromatic nitrogens is 2. The molecule has 0 bridgehead atoms. The molecule has 0 atom stereocenters. The Hall–Kier alpha value is -4.14. The van der Waals surface area contributed by atoms with E-state index in [4.69, 9.17) is 9.84 Å². The normalized spacial score (nSPS) is 12.6. The first-order valence-electron chi connectivity index (χ1n) is 10.8. The Bertz CT molecular complexity index is 1220. The smallest absolute Gasteiger partial charge is 0.407 e. The van der Waals surface area contributed by atoms with Crippen molar-refractivity contribution in [3.05, 3.63) is 71.4 Å². The molecule has 1 aliphatic carbocycles. The lowest BCUT2D eigenvalue weighted by Gasteiger charge is -2.24. The Balaban J connectivity index is 1.34. The van der Waals surface area contributed by atoms with E-state index >= 15 is 0 Å². The molecule has 1 heterocycles. The third-order valence-corrected chi connectivity index (χ3v) is 5.97. The highest BCUT2D eigenvalue weighted by atomic mass is 16.5. The molecule has 4 rings (SSSR count). The van der Waals surface area contributed by atoms with Crippen LogP contribution < -0.4 is 10.6 Å². The number of alkyl carbamates (subject to hydrolysis) is 1. The van der Waals surface area contributed by atoms with E-state index < -0.39 is 23.4 Å². The molecule has 3 N–H and O–H groups in total. The minimum absolute atomic E-state index is 0.0269. The summed E-state index contributed by atoms with van der Waals surface area (Å²) >= 11 is 0. The van der Waals surface area contributed by atoms with Crippen LogP contribution in [0, 0.1) is 5.41 Å². The van der Waals surface area contributed by atoms with Crippen LogP contribution in [0.15, 0.2) is 54.6 Å². The SMILES string of the molecule is Cn1nc(C(=O)O)cc1NC(=O)C(C)(C)CNC(=O)OCC1c2ccccc2-c2ccccc21. The average molecular weight is 463 g/mol. The lowest BCUT2D eigenvalue weighted by Crippen LogP contribution is -2.42. The largest absolute Gasteiger partial charge is 0.476 e. The van der Waals surface area contributed by atoms with Gasteiger partial charge in [-0.05, 0) is 36.1 Å². The van der Waals surface area contributed by atoms with Crippen molar-refractivity contribution in [2.24, 2.45) is 12.5 Å². The van der Waals surface area contributed by atoms with Crippen LogP contribution in [0.5, 0.6) is 0 Å². The molecule has 9 heteroatoms. The fourth-order valence-electron chi connectivity index (χ4n) is 4.00. The van der Waals surface area contributed by atoms with E-state index in [1.165, 1.54) is 17.8 Å². The summed E-state index contributed by atoms with van der Waals surface area (Å²) in [5, 5.41) is 18.2. The molecular weight excluding hydrogens is 436 g/mol. The molecule has 9 nitrogen and oxygen atoms in total. The van der Waals surface area contributed by atoms with Crippen molar-refractivity contribution in [3.63, 3.8) is 0 Å². The van der Waals surface area contributed by atoms with Gasteiger partial charge in [0.25, 0.3) is 0 Å². The lowest BCUT2D eigenvalue weighted by atomic mass is 9.92. The Morgan fingerprint density at radius 1 is 1.06 bits per heavy atom. The Morgan fingerprint density at radius 2 is 1.65 bits per heavy atom. The standard InChI is InChI=1S/C25H26N4O5/c1-25(2,23(32)27-21-12-20(22(30)31)28-29(21)3)14-26-24(33)34-13-19-17-10-6-4-8-15(17)16-9-5-7-11-18(16)19/h4-12,19H,13-14H2,1-3H3,(H,26,33)(H,27,32)(H,30,31). The van der Waals surface area contributed by atoms with E-state index in [1.807, 2.05) is 36.4 Å². The van der Waals surface area contributed by atoms with Crippen LogP contribution in [0.25, 0.3) is 11.1 Å². The fraction of sp³-hybridized carbons (Fsp3) is 0.280. The molecule has 0 fully saturated rings. The summed E-state index contributed by atoms with van der Waals surface area (Å²) in [5.74, 6) is -1.39. The summed E-state index contributed by atoms with van der Waals surface area (Å²) < 4.78 is 6.79. The summed E-state index contributed by atoms with van der Waals surface area (Å²) in [6, 6.07) is 17.4. The third kappa shape index (κ3) is 4.50. The number of carboxylic acid groups (broad SMARTS) is 1. The number of ether oxygens (including phenoxy) is 1. The first-order chi connectivity index (χ1) is 16.2. The molecule has 176 valence electrons. The second-order valence-electron chi connectivity index (χ2n) is 8.86. The molecule has 1 aliphatic rings. The number of aryl methyl sites for hydroxylation is 1. The van der Waals surface area contributed by atoms with Gasteiger partial charge in [0.15, 0.2) is 5.69 Å². The predicted octanol–water partition coefficient (Wildman–Crippen LogP) is 3.62. The Labute approximate surface area is 196 Å². The van der Waals surface area contributed by atoms with Crippen molar-refractivity contribution in [2.45, 2.75) is 19.8 Å². The highest BCUT2D eigenvalue weighted by molar-refractivity contribution is 5.96. The highest BCUT2D eigenvalue weighted by Crippen LogP contribution is 2.44. The lowest BCUT2D eigenvalue weighted by molar-refractivity contribution is -0.123. The van der Waals surface area contributed by atoms with Crippen LogP contribution in [-0.4, -0.2) is 46.0 Å². The predicted molar refractivity (Wildman–Crippen MR) is 126 cm³/mol. The molecule has 0 saturated carbocycles. The number of fused-ring (bicyclic) bond motifs is 3. The summed E-state index contributed by atoms with van der Waals surface area (Å²) in [6.45, 7) is 3.54. The molecule has 3 aromatic rings. The first kappa shape index (κ1) is 23.0. The fourth-order valence-corrected chi connectivity index (χ4v) is 4.00. The summed E-state index contributed by atoms with van der Waals surface area (Å²) in [4.78, 5) is 36.2. The van der Waals surface area contributed by atoms with Crippen molar-refractivity contribution >= 4 is 23.8 Å². The zero-order chi connectivity index (χ0) is 24.5. The summed E-state index contributed by atoms with van der Waals surface area (Å²) in [7, 11) is 1.53. The maximum absolute atomic E-state index is 12.7. The third-order valence-electron chi connectivity index (χ3n) is 5.97. The highest BCUT2D eigenvalue weighted by Gasteiger charge is 2.31. The van der Waals surface area contributed by atoms with E-state index in [0.29, 0.717) is 0 Å². The van der Waals surface area contributed by atoms with Gasteiger partial charge in [-0.1, -0.05) is 48.5 Å². The van der Waals surface area contributed by atoms with Gasteiger partial charge in [0.2, 0.25) is 5.91 Å².